The number of rotatable bonds is 5. The van der Waals surface area contributed by atoms with Crippen LogP contribution in [0.2, 0.25) is 0 Å². The van der Waals surface area contributed by atoms with Crippen LogP contribution >= 0.6 is 12.2 Å². The van der Waals surface area contributed by atoms with Crippen LogP contribution in [0.5, 0.6) is 0 Å². The van der Waals surface area contributed by atoms with Crippen molar-refractivity contribution in [1.82, 2.24) is 4.90 Å². The summed E-state index contributed by atoms with van der Waals surface area (Å²) in [6.45, 7) is 7.95. The first-order valence-corrected chi connectivity index (χ1v) is 7.55. The number of hydrogen-bond acceptors (Lipinski definition) is 2. The zero-order valence-corrected chi connectivity index (χ0v) is 12.7. The van der Waals surface area contributed by atoms with Crippen LogP contribution in [0.4, 0.5) is 0 Å². The highest BCUT2D eigenvalue weighted by Crippen LogP contribution is 2.26. The largest absolute Gasteiger partial charge is 0.393 e. The van der Waals surface area contributed by atoms with Crippen molar-refractivity contribution in [2.75, 3.05) is 19.6 Å². The molecule has 0 saturated carbocycles. The van der Waals surface area contributed by atoms with Gasteiger partial charge in [0.25, 0.3) is 0 Å². The van der Waals surface area contributed by atoms with Gasteiger partial charge in [-0.05, 0) is 30.4 Å². The van der Waals surface area contributed by atoms with E-state index in [0.29, 0.717) is 4.99 Å². The van der Waals surface area contributed by atoms with Crippen molar-refractivity contribution in [2.24, 2.45) is 17.6 Å². The van der Waals surface area contributed by atoms with Crippen LogP contribution in [0.1, 0.15) is 31.7 Å². The average molecular weight is 276 g/mol. The molecule has 0 aromatic heterocycles. The monoisotopic (exact) mass is 276 g/mol. The predicted octanol–water partition coefficient (Wildman–Crippen LogP) is 3.03. The van der Waals surface area contributed by atoms with E-state index in [1.165, 1.54) is 25.1 Å². The molecule has 2 rings (SSSR count). The lowest BCUT2D eigenvalue weighted by Gasteiger charge is -2.24. The zero-order valence-electron chi connectivity index (χ0n) is 11.9. The molecule has 1 aliphatic heterocycles. The second-order valence-corrected chi connectivity index (χ2v) is 6.39. The molecule has 104 valence electrons. The molecule has 0 aliphatic carbocycles. The molecule has 0 amide bonds. The normalized spacial score (nSPS) is 21.7. The zero-order chi connectivity index (χ0) is 13.8. The molecule has 2 N–H and O–H groups in total. The third-order valence-electron chi connectivity index (χ3n) is 4.24. The maximum Gasteiger partial charge on any atom is 0.0816 e. The van der Waals surface area contributed by atoms with Crippen molar-refractivity contribution in [3.05, 3.63) is 35.9 Å². The minimum Gasteiger partial charge on any atom is -0.393 e. The number of nitrogens with zero attached hydrogens (tertiary/aromatic N) is 1. The molecule has 1 aromatic carbocycles. The van der Waals surface area contributed by atoms with Gasteiger partial charge in [0.1, 0.15) is 0 Å². The molecular formula is C16H24N2S. The maximum atomic E-state index is 5.95. The Hall–Kier alpha value is -0.930. The molecule has 2 nitrogen and oxygen atoms in total. The summed E-state index contributed by atoms with van der Waals surface area (Å²) in [5.41, 5.74) is 7.18. The number of hydrogen-bond donors (Lipinski definition) is 1. The van der Waals surface area contributed by atoms with Crippen LogP contribution in [0.25, 0.3) is 0 Å². The molecule has 1 fully saturated rings. The van der Waals surface area contributed by atoms with E-state index in [1.54, 1.807) is 0 Å². The van der Waals surface area contributed by atoms with E-state index in [-0.39, 0.29) is 5.92 Å². The first-order chi connectivity index (χ1) is 9.08. The molecule has 19 heavy (non-hydrogen) atoms. The van der Waals surface area contributed by atoms with Crippen LogP contribution < -0.4 is 5.73 Å². The summed E-state index contributed by atoms with van der Waals surface area (Å²) >= 11 is 5.27. The highest BCUT2D eigenvalue weighted by Gasteiger charge is 2.27. The Bertz CT molecular complexity index is 416. The van der Waals surface area contributed by atoms with E-state index < -0.39 is 0 Å². The second kappa shape index (κ2) is 6.49. The van der Waals surface area contributed by atoms with Crippen LogP contribution in [0.3, 0.4) is 0 Å². The van der Waals surface area contributed by atoms with Gasteiger partial charge in [-0.2, -0.15) is 0 Å². The molecule has 1 aromatic rings. The third-order valence-corrected chi connectivity index (χ3v) is 4.52. The van der Waals surface area contributed by atoms with E-state index in [4.69, 9.17) is 18.0 Å². The average Bonchev–Trinajstić information content (AvgIpc) is 2.85. The van der Waals surface area contributed by atoms with E-state index in [0.717, 1.165) is 18.4 Å². The molecule has 2 atom stereocenters. The Balaban J connectivity index is 2.01. The summed E-state index contributed by atoms with van der Waals surface area (Å²) in [4.78, 5) is 3.13. The second-order valence-electron chi connectivity index (χ2n) is 5.92. The van der Waals surface area contributed by atoms with Crippen LogP contribution in [-0.4, -0.2) is 29.5 Å². The Kier molecular flexibility index (Phi) is 4.94. The smallest absolute Gasteiger partial charge is 0.0816 e. The van der Waals surface area contributed by atoms with E-state index in [2.05, 4.69) is 43.0 Å². The summed E-state index contributed by atoms with van der Waals surface area (Å²) < 4.78 is 0. The van der Waals surface area contributed by atoms with E-state index in [9.17, 15) is 0 Å². The number of nitrogens with two attached hydrogens (primary N) is 1. The molecule has 0 radical (unpaired) electrons. The van der Waals surface area contributed by atoms with Gasteiger partial charge in [-0.25, -0.2) is 0 Å². The van der Waals surface area contributed by atoms with E-state index >= 15 is 0 Å². The SMILES string of the molecule is CC(C)C1CCN(CC(C(N)=S)c2ccccc2)C1. The lowest BCUT2D eigenvalue weighted by Crippen LogP contribution is -2.33. The topological polar surface area (TPSA) is 29.3 Å². The van der Waals surface area contributed by atoms with Gasteiger partial charge in [0.05, 0.1) is 4.99 Å². The first-order valence-electron chi connectivity index (χ1n) is 7.14. The molecule has 1 saturated heterocycles. The fourth-order valence-electron chi connectivity index (χ4n) is 2.88. The van der Waals surface area contributed by atoms with Crippen molar-refractivity contribution >= 4 is 17.2 Å². The highest BCUT2D eigenvalue weighted by molar-refractivity contribution is 7.80. The Morgan fingerprint density at radius 1 is 1.37 bits per heavy atom. The predicted molar refractivity (Wildman–Crippen MR) is 85.4 cm³/mol. The number of likely N-dealkylation sites (tertiary alicyclic amines) is 1. The minimum absolute atomic E-state index is 0.183. The van der Waals surface area contributed by atoms with Gasteiger partial charge in [-0.3, -0.25) is 0 Å². The molecule has 3 heteroatoms. The maximum absolute atomic E-state index is 5.95. The summed E-state index contributed by atoms with van der Waals surface area (Å²) in [5.74, 6) is 1.77. The van der Waals surface area contributed by atoms with Crippen LogP contribution in [-0.2, 0) is 0 Å². The summed E-state index contributed by atoms with van der Waals surface area (Å²) in [5, 5.41) is 0. The van der Waals surface area contributed by atoms with E-state index in [1.807, 2.05) is 6.07 Å². The fourth-order valence-corrected chi connectivity index (χ4v) is 3.09. The number of benzene rings is 1. The molecule has 1 aliphatic rings. The van der Waals surface area contributed by atoms with Crippen LogP contribution in [0, 0.1) is 11.8 Å². The lowest BCUT2D eigenvalue weighted by molar-refractivity contribution is 0.301. The third kappa shape index (κ3) is 3.77. The standard InChI is InChI=1S/C16H24N2S/c1-12(2)14-8-9-18(10-14)11-15(16(17)19)13-6-4-3-5-7-13/h3-7,12,14-15H,8-11H2,1-2H3,(H2,17,19). The Labute approximate surface area is 122 Å². The van der Waals surface area contributed by atoms with Gasteiger partial charge in [-0.15, -0.1) is 0 Å². The molecular weight excluding hydrogens is 252 g/mol. The summed E-state index contributed by atoms with van der Waals surface area (Å²) in [7, 11) is 0. The molecule has 0 bridgehead atoms. The molecule has 1 heterocycles. The van der Waals surface area contributed by atoms with Crippen molar-refractivity contribution in [3.8, 4) is 0 Å². The highest BCUT2D eigenvalue weighted by atomic mass is 32.1. The fraction of sp³-hybridized carbons (Fsp3) is 0.562. The number of thiocarbonyl (C=S) groups is 1. The summed E-state index contributed by atoms with van der Waals surface area (Å²) in [6, 6.07) is 10.4. The van der Waals surface area contributed by atoms with Gasteiger partial charge in [0.15, 0.2) is 0 Å². The minimum atomic E-state index is 0.183. The van der Waals surface area contributed by atoms with Gasteiger partial charge < -0.3 is 10.6 Å². The van der Waals surface area contributed by atoms with Gasteiger partial charge >= 0.3 is 0 Å². The molecule has 0 spiro atoms. The van der Waals surface area contributed by atoms with Crippen molar-refractivity contribution < 1.29 is 0 Å². The van der Waals surface area contributed by atoms with Crippen LogP contribution in [0.15, 0.2) is 30.3 Å². The lowest BCUT2D eigenvalue weighted by atomic mass is 9.95. The Morgan fingerprint density at radius 2 is 2.05 bits per heavy atom. The quantitative estimate of drug-likeness (QED) is 0.838. The van der Waals surface area contributed by atoms with Crippen molar-refractivity contribution in [3.63, 3.8) is 0 Å². The van der Waals surface area contributed by atoms with Gasteiger partial charge in [0, 0.05) is 19.0 Å². The van der Waals surface area contributed by atoms with Crippen molar-refractivity contribution in [1.29, 1.82) is 0 Å². The Morgan fingerprint density at radius 3 is 2.58 bits per heavy atom. The first kappa shape index (κ1) is 14.5. The van der Waals surface area contributed by atoms with Crippen molar-refractivity contribution in [2.45, 2.75) is 26.2 Å². The van der Waals surface area contributed by atoms with Gasteiger partial charge in [-0.1, -0.05) is 56.4 Å². The molecule has 2 unspecified atom stereocenters. The summed E-state index contributed by atoms with van der Waals surface area (Å²) in [6.07, 6.45) is 1.30. The van der Waals surface area contributed by atoms with Gasteiger partial charge in [0.2, 0.25) is 0 Å².